The van der Waals surface area contributed by atoms with Crippen molar-refractivity contribution in [3.05, 3.63) is 0 Å². The summed E-state index contributed by atoms with van der Waals surface area (Å²) >= 11 is 4.65. The van der Waals surface area contributed by atoms with Crippen LogP contribution in [0.3, 0.4) is 0 Å². The van der Waals surface area contributed by atoms with Gasteiger partial charge in [-0.05, 0) is 19.1 Å². The Balaban J connectivity index is 3.57. The molecule has 82 valence electrons. The van der Waals surface area contributed by atoms with Crippen LogP contribution in [-0.2, 0) is 14.3 Å². The number of rotatable bonds is 7. The van der Waals surface area contributed by atoms with Crippen molar-refractivity contribution >= 4 is 23.2 Å². The van der Waals surface area contributed by atoms with Crippen LogP contribution >= 0.6 is 12.2 Å². The highest BCUT2D eigenvalue weighted by molar-refractivity contribution is 7.80. The molecule has 0 saturated heterocycles. The Labute approximate surface area is 87.6 Å². The first-order valence-electron chi connectivity index (χ1n) is 4.22. The van der Waals surface area contributed by atoms with Crippen molar-refractivity contribution in [2.45, 2.75) is 19.4 Å². The molecule has 0 saturated carbocycles. The van der Waals surface area contributed by atoms with Gasteiger partial charge < -0.3 is 19.7 Å². The van der Waals surface area contributed by atoms with Crippen LogP contribution in [0.2, 0.25) is 0 Å². The first-order chi connectivity index (χ1) is 6.57. The van der Waals surface area contributed by atoms with Crippen LogP contribution in [0.15, 0.2) is 0 Å². The minimum absolute atomic E-state index is 0.105. The third-order valence-corrected chi connectivity index (χ3v) is 1.71. The second-order valence-corrected chi connectivity index (χ2v) is 2.88. The monoisotopic (exact) mass is 222 g/mol. The van der Waals surface area contributed by atoms with Crippen LogP contribution < -0.4 is 0 Å². The molecule has 6 heteroatoms. The number of aliphatic carboxylic acids is 1. The third kappa shape index (κ3) is 6.76. The molecule has 0 aliphatic rings. The summed E-state index contributed by atoms with van der Waals surface area (Å²) in [4.78, 5) is 10.2. The first kappa shape index (κ1) is 13.3. The van der Waals surface area contributed by atoms with Gasteiger partial charge in [-0.2, -0.15) is 0 Å². The average molecular weight is 222 g/mol. The molecular weight excluding hydrogens is 208 g/mol. The van der Waals surface area contributed by atoms with Gasteiger partial charge in [0, 0.05) is 6.61 Å². The summed E-state index contributed by atoms with van der Waals surface area (Å²) in [7, 11) is 0. The molecular formula is C8H14O5S. The Morgan fingerprint density at radius 3 is 2.64 bits per heavy atom. The van der Waals surface area contributed by atoms with E-state index < -0.39 is 18.5 Å². The molecule has 0 heterocycles. The zero-order valence-electron chi connectivity index (χ0n) is 7.93. The van der Waals surface area contributed by atoms with E-state index in [9.17, 15) is 4.79 Å². The van der Waals surface area contributed by atoms with Gasteiger partial charge in [-0.1, -0.05) is 0 Å². The standard InChI is InChI=1S/C8H14O5S/c1-2-12-3-4-13-8(14)6(9)5-7(10)11/h6,9H,2-5H2,1H3,(H,10,11). The molecule has 0 radical (unpaired) electrons. The molecule has 1 unspecified atom stereocenters. The summed E-state index contributed by atoms with van der Waals surface area (Å²) in [6.07, 6.45) is -1.67. The lowest BCUT2D eigenvalue weighted by Gasteiger charge is -2.11. The highest BCUT2D eigenvalue weighted by atomic mass is 32.1. The van der Waals surface area contributed by atoms with Gasteiger partial charge in [0.15, 0.2) is 5.05 Å². The van der Waals surface area contributed by atoms with Crippen LogP contribution in [0.1, 0.15) is 13.3 Å². The van der Waals surface area contributed by atoms with Crippen molar-refractivity contribution in [2.75, 3.05) is 19.8 Å². The predicted octanol–water partition coefficient (Wildman–Crippen LogP) is 0.203. The van der Waals surface area contributed by atoms with Crippen molar-refractivity contribution in [3.8, 4) is 0 Å². The lowest BCUT2D eigenvalue weighted by Crippen LogP contribution is -2.25. The largest absolute Gasteiger partial charge is 0.482 e. The Hall–Kier alpha value is -0.720. The summed E-state index contributed by atoms with van der Waals surface area (Å²) in [5, 5.41) is 17.4. The molecule has 0 amide bonds. The van der Waals surface area contributed by atoms with E-state index in [1.807, 2.05) is 6.92 Å². The Kier molecular flexibility index (Phi) is 7.27. The molecule has 0 aliphatic carbocycles. The van der Waals surface area contributed by atoms with E-state index in [0.717, 1.165) is 0 Å². The minimum atomic E-state index is -1.23. The number of ether oxygens (including phenoxy) is 2. The summed E-state index contributed by atoms with van der Waals surface area (Å²) in [6, 6.07) is 0. The highest BCUT2D eigenvalue weighted by Crippen LogP contribution is 1.97. The molecule has 0 bridgehead atoms. The molecule has 0 fully saturated rings. The number of aliphatic hydroxyl groups is 1. The number of aliphatic hydroxyl groups excluding tert-OH is 1. The smallest absolute Gasteiger partial charge is 0.306 e. The maximum Gasteiger partial charge on any atom is 0.306 e. The maximum atomic E-state index is 10.2. The molecule has 1 atom stereocenters. The number of hydrogen-bond donors (Lipinski definition) is 2. The van der Waals surface area contributed by atoms with Crippen molar-refractivity contribution in [1.82, 2.24) is 0 Å². The van der Waals surface area contributed by atoms with E-state index in [4.69, 9.17) is 19.7 Å². The number of thiocarbonyl (C=S) groups is 1. The van der Waals surface area contributed by atoms with E-state index in [1.54, 1.807) is 0 Å². The van der Waals surface area contributed by atoms with Crippen molar-refractivity contribution < 1.29 is 24.5 Å². The quantitative estimate of drug-likeness (QED) is 0.473. The third-order valence-electron chi connectivity index (χ3n) is 1.32. The van der Waals surface area contributed by atoms with Crippen LogP contribution in [0, 0.1) is 0 Å². The Bertz CT molecular complexity index is 194. The van der Waals surface area contributed by atoms with E-state index in [1.165, 1.54) is 0 Å². The summed E-state index contributed by atoms with van der Waals surface area (Å²) in [5.41, 5.74) is 0. The lowest BCUT2D eigenvalue weighted by molar-refractivity contribution is -0.138. The number of hydrogen-bond acceptors (Lipinski definition) is 5. The van der Waals surface area contributed by atoms with Crippen LogP contribution in [0.4, 0.5) is 0 Å². The SMILES string of the molecule is CCOCCOC(=S)C(O)CC(=O)O. The van der Waals surface area contributed by atoms with Gasteiger partial charge in [0.05, 0.1) is 13.0 Å². The molecule has 5 nitrogen and oxygen atoms in total. The van der Waals surface area contributed by atoms with E-state index in [-0.39, 0.29) is 11.7 Å². The van der Waals surface area contributed by atoms with Gasteiger partial charge in [0.1, 0.15) is 12.7 Å². The van der Waals surface area contributed by atoms with Gasteiger partial charge in [-0.15, -0.1) is 0 Å². The Morgan fingerprint density at radius 2 is 2.14 bits per heavy atom. The molecule has 2 N–H and O–H groups in total. The molecule has 0 rings (SSSR count). The van der Waals surface area contributed by atoms with Crippen LogP contribution in [0.25, 0.3) is 0 Å². The summed E-state index contributed by atoms with van der Waals surface area (Å²) in [5.74, 6) is -1.12. The van der Waals surface area contributed by atoms with Gasteiger partial charge in [-0.25, -0.2) is 0 Å². The second kappa shape index (κ2) is 7.66. The number of carboxylic acids is 1. The summed E-state index contributed by atoms with van der Waals surface area (Å²) in [6.45, 7) is 3.02. The molecule has 0 aromatic carbocycles. The fraction of sp³-hybridized carbons (Fsp3) is 0.750. The number of carboxylic acid groups (broad SMARTS) is 1. The van der Waals surface area contributed by atoms with Crippen molar-refractivity contribution in [2.24, 2.45) is 0 Å². The van der Waals surface area contributed by atoms with Crippen molar-refractivity contribution in [3.63, 3.8) is 0 Å². The topological polar surface area (TPSA) is 76.0 Å². The minimum Gasteiger partial charge on any atom is -0.482 e. The predicted molar refractivity (Wildman–Crippen MR) is 53.3 cm³/mol. The fourth-order valence-electron chi connectivity index (χ4n) is 0.690. The van der Waals surface area contributed by atoms with E-state index in [2.05, 4.69) is 12.2 Å². The van der Waals surface area contributed by atoms with Gasteiger partial charge in [0.25, 0.3) is 0 Å². The molecule has 0 spiro atoms. The molecule has 14 heavy (non-hydrogen) atoms. The zero-order chi connectivity index (χ0) is 11.0. The second-order valence-electron chi connectivity index (χ2n) is 2.48. The van der Waals surface area contributed by atoms with Gasteiger partial charge in [0.2, 0.25) is 0 Å². The number of carbonyl (C=O) groups is 1. The van der Waals surface area contributed by atoms with Crippen LogP contribution in [-0.4, -0.2) is 47.2 Å². The maximum absolute atomic E-state index is 10.2. The first-order valence-corrected chi connectivity index (χ1v) is 4.63. The van der Waals surface area contributed by atoms with E-state index >= 15 is 0 Å². The molecule has 0 aromatic rings. The fourth-order valence-corrected chi connectivity index (χ4v) is 0.857. The molecule has 0 aliphatic heterocycles. The lowest BCUT2D eigenvalue weighted by atomic mass is 10.3. The molecule has 0 aromatic heterocycles. The Morgan fingerprint density at radius 1 is 1.50 bits per heavy atom. The summed E-state index contributed by atoms with van der Waals surface area (Å²) < 4.78 is 9.86. The van der Waals surface area contributed by atoms with Crippen molar-refractivity contribution in [1.29, 1.82) is 0 Å². The van der Waals surface area contributed by atoms with Crippen LogP contribution in [0.5, 0.6) is 0 Å². The normalized spacial score (nSPS) is 12.1. The zero-order valence-corrected chi connectivity index (χ0v) is 8.75. The van der Waals surface area contributed by atoms with Gasteiger partial charge >= 0.3 is 5.97 Å². The average Bonchev–Trinajstić information content (AvgIpc) is 2.11. The highest BCUT2D eigenvalue weighted by Gasteiger charge is 2.15. The van der Waals surface area contributed by atoms with Gasteiger partial charge in [-0.3, -0.25) is 4.79 Å². The van der Waals surface area contributed by atoms with E-state index in [0.29, 0.717) is 13.2 Å².